The predicted molar refractivity (Wildman–Crippen MR) is 26.7 cm³/mol. The fraction of sp³-hybridized carbons (Fsp3) is 0.600. The van der Waals surface area contributed by atoms with Crippen LogP contribution in [0.3, 0.4) is 0 Å². The van der Waals surface area contributed by atoms with Crippen molar-refractivity contribution in [3.8, 4) is 0 Å². The van der Waals surface area contributed by atoms with Gasteiger partial charge in [0, 0.05) is 20.5 Å². The summed E-state index contributed by atoms with van der Waals surface area (Å²) in [5, 5.41) is 0. The summed E-state index contributed by atoms with van der Waals surface area (Å²) in [6, 6.07) is 0. The molecule has 0 unspecified atom stereocenters. The third-order valence-electron chi connectivity index (χ3n) is 0.595. The van der Waals surface area contributed by atoms with E-state index in [4.69, 9.17) is 0 Å². The molecular weight excluding hydrogens is 99.0 g/mol. The molecule has 0 rings (SSSR count). The van der Waals surface area contributed by atoms with E-state index in [9.17, 15) is 0 Å². The van der Waals surface area contributed by atoms with Gasteiger partial charge < -0.3 is 15.5 Å². The fourth-order valence-corrected chi connectivity index (χ4v) is 0.263. The van der Waals surface area contributed by atoms with Gasteiger partial charge in [-0.1, -0.05) is 0 Å². The van der Waals surface area contributed by atoms with E-state index in [1.54, 1.807) is 0 Å². The van der Waals surface area contributed by atoms with Crippen LogP contribution in [0, 0.1) is 6.08 Å². The van der Waals surface area contributed by atoms with E-state index < -0.39 is 0 Å². The van der Waals surface area contributed by atoms with E-state index in [0.717, 1.165) is 0 Å². The van der Waals surface area contributed by atoms with Crippen LogP contribution in [0.15, 0.2) is 6.58 Å². The molecule has 2 nitrogen and oxygen atoms in total. The quantitative estimate of drug-likeness (QED) is 0.228. The van der Waals surface area contributed by atoms with Gasteiger partial charge >= 0.3 is 18.9 Å². The maximum atomic E-state index is 4.65. The molecule has 0 amide bonds. The summed E-state index contributed by atoms with van der Waals surface area (Å²) in [6.45, 7) is 3.33. The van der Waals surface area contributed by atoms with Gasteiger partial charge in [-0.05, 0) is 0 Å². The van der Waals surface area contributed by atoms with Crippen LogP contribution in [0.25, 0.3) is 0 Å². The van der Waals surface area contributed by atoms with E-state index in [-0.39, 0.29) is 25.2 Å². The molecule has 0 saturated carbocycles. The average Bonchev–Trinajstić information content (AvgIpc) is 1.72. The van der Waals surface area contributed by atoms with Gasteiger partial charge in [-0.2, -0.15) is 0 Å². The van der Waals surface area contributed by atoms with Crippen LogP contribution in [-0.2, 0) is 9.47 Å². The Morgan fingerprint density at radius 1 is 1.38 bits per heavy atom. The molecule has 0 aliphatic rings. The number of hydrogen-bond acceptors (Lipinski definition) is 2. The summed E-state index contributed by atoms with van der Waals surface area (Å²) >= 11 is 0. The van der Waals surface area contributed by atoms with Crippen LogP contribution in [0.2, 0.25) is 0 Å². The van der Waals surface area contributed by atoms with Crippen LogP contribution in [0.4, 0.5) is 0 Å². The molecule has 0 atom stereocenters. The summed E-state index contributed by atoms with van der Waals surface area (Å²) in [5.41, 5.74) is 0. The minimum atomic E-state index is -0.375. The first kappa shape index (κ1) is 11.1. The fourth-order valence-electron chi connectivity index (χ4n) is 0.263. The van der Waals surface area contributed by atoms with Gasteiger partial charge in [0.2, 0.25) is 0 Å². The van der Waals surface area contributed by atoms with Gasteiger partial charge in [-0.25, -0.2) is 0 Å². The number of methoxy groups -OCH3 is 2. The van der Waals surface area contributed by atoms with Crippen molar-refractivity contribution in [1.29, 1.82) is 0 Å². The summed E-state index contributed by atoms with van der Waals surface area (Å²) < 4.78 is 9.31. The Balaban J connectivity index is 0. The topological polar surface area (TPSA) is 18.5 Å². The molecule has 0 aliphatic heterocycles. The minimum absolute atomic E-state index is 0. The largest absolute Gasteiger partial charge is 1.00 e. The maximum absolute atomic E-state index is 4.65. The molecule has 0 N–H and O–H groups in total. The summed E-state index contributed by atoms with van der Waals surface area (Å²) in [6.07, 6.45) is 2.13. The van der Waals surface area contributed by atoms with Crippen LogP contribution < -0.4 is 18.9 Å². The third kappa shape index (κ3) is 4.42. The molecule has 8 heavy (non-hydrogen) atoms. The molecule has 0 aromatic heterocycles. The average molecular weight is 108 g/mol. The number of ether oxygens (including phenoxy) is 2. The number of hydrogen-bond donors (Lipinski definition) is 0. The molecule has 0 aromatic rings. The van der Waals surface area contributed by atoms with Crippen molar-refractivity contribution in [3.05, 3.63) is 12.7 Å². The van der Waals surface area contributed by atoms with E-state index in [2.05, 4.69) is 22.1 Å². The van der Waals surface area contributed by atoms with Crippen LogP contribution in [-0.4, -0.2) is 20.5 Å². The smallest absolute Gasteiger partial charge is 0.446 e. The Labute approximate surface area is 62.0 Å². The summed E-state index contributed by atoms with van der Waals surface area (Å²) in [4.78, 5) is 0. The van der Waals surface area contributed by atoms with E-state index in [1.165, 1.54) is 14.2 Å². The molecule has 0 bridgehead atoms. The molecule has 0 aromatic carbocycles. The van der Waals surface area contributed by atoms with Crippen LogP contribution in [0.5, 0.6) is 0 Å². The van der Waals surface area contributed by atoms with Crippen molar-refractivity contribution in [2.24, 2.45) is 0 Å². The first-order valence-electron chi connectivity index (χ1n) is 1.93. The Morgan fingerprint density at radius 3 is 1.75 bits per heavy atom. The SMILES string of the molecule is C=[C-]C(OC)OC.[Li+]. The van der Waals surface area contributed by atoms with Crippen LogP contribution >= 0.6 is 0 Å². The van der Waals surface area contributed by atoms with Crippen molar-refractivity contribution in [1.82, 2.24) is 0 Å². The zero-order valence-corrected chi connectivity index (χ0v) is 5.60. The van der Waals surface area contributed by atoms with Crippen molar-refractivity contribution in [2.45, 2.75) is 6.29 Å². The van der Waals surface area contributed by atoms with E-state index in [1.807, 2.05) is 0 Å². The summed E-state index contributed by atoms with van der Waals surface area (Å²) in [5.74, 6) is 0. The zero-order chi connectivity index (χ0) is 5.70. The molecule has 0 spiro atoms. The van der Waals surface area contributed by atoms with Crippen molar-refractivity contribution >= 4 is 0 Å². The van der Waals surface area contributed by atoms with Crippen LogP contribution in [0.1, 0.15) is 0 Å². The summed E-state index contributed by atoms with van der Waals surface area (Å²) in [7, 11) is 3.07. The van der Waals surface area contributed by atoms with Gasteiger partial charge in [0.05, 0.1) is 0 Å². The van der Waals surface area contributed by atoms with Crippen molar-refractivity contribution in [2.75, 3.05) is 14.2 Å². The second kappa shape index (κ2) is 7.26. The standard InChI is InChI=1S/C5H9O2.Li/c1-4-5(6-2)7-3;/h5H,1H2,2-3H3;/q-1;+1. The van der Waals surface area contributed by atoms with Gasteiger partial charge in [-0.3, -0.25) is 6.58 Å². The van der Waals surface area contributed by atoms with Crippen molar-refractivity contribution < 1.29 is 28.3 Å². The molecular formula is C5H9LiO2. The van der Waals surface area contributed by atoms with E-state index in [0.29, 0.717) is 0 Å². The molecule has 0 aliphatic carbocycles. The minimum Gasteiger partial charge on any atom is -0.446 e. The third-order valence-corrected chi connectivity index (χ3v) is 0.595. The normalized spacial score (nSPS) is 8.38. The second-order valence-electron chi connectivity index (χ2n) is 1.01. The predicted octanol–water partition coefficient (Wildman–Crippen LogP) is -2.40. The van der Waals surface area contributed by atoms with Gasteiger partial charge in [0.15, 0.2) is 0 Å². The van der Waals surface area contributed by atoms with Gasteiger partial charge in [-0.15, -0.1) is 0 Å². The molecule has 3 heteroatoms. The molecule has 0 heterocycles. The van der Waals surface area contributed by atoms with E-state index >= 15 is 0 Å². The second-order valence-corrected chi connectivity index (χ2v) is 1.01. The molecule has 0 saturated heterocycles. The Bertz CT molecular complexity index is 52.4. The molecule has 0 radical (unpaired) electrons. The first-order chi connectivity index (χ1) is 3.35. The monoisotopic (exact) mass is 108 g/mol. The Morgan fingerprint density at radius 2 is 1.75 bits per heavy atom. The molecule has 42 valence electrons. The van der Waals surface area contributed by atoms with Gasteiger partial charge in [0.25, 0.3) is 0 Å². The first-order valence-corrected chi connectivity index (χ1v) is 1.93. The molecule has 0 fully saturated rings. The zero-order valence-electron chi connectivity index (χ0n) is 5.60. The van der Waals surface area contributed by atoms with Crippen molar-refractivity contribution in [3.63, 3.8) is 0 Å². The number of rotatable bonds is 3. The Kier molecular flexibility index (Phi) is 10.1. The van der Waals surface area contributed by atoms with Gasteiger partial charge in [0.1, 0.15) is 0 Å². The maximum Gasteiger partial charge on any atom is 1.00 e. The Hall–Kier alpha value is 0.257.